The van der Waals surface area contributed by atoms with Crippen LogP contribution in [0.2, 0.25) is 0 Å². The van der Waals surface area contributed by atoms with Gasteiger partial charge in [-0.3, -0.25) is 4.90 Å². The first-order valence-electron chi connectivity index (χ1n) is 10.6. The van der Waals surface area contributed by atoms with Crippen molar-refractivity contribution in [3.05, 3.63) is 69.6 Å². The zero-order valence-corrected chi connectivity index (χ0v) is 18.3. The molecular weight excluding hydrogens is 376 g/mol. The molecule has 5 nitrogen and oxygen atoms in total. The van der Waals surface area contributed by atoms with Crippen LogP contribution in [0.4, 0.5) is 5.69 Å². The highest BCUT2D eigenvalue weighted by Crippen LogP contribution is 2.28. The summed E-state index contributed by atoms with van der Waals surface area (Å²) in [5, 5.41) is 1.06. The van der Waals surface area contributed by atoms with Gasteiger partial charge < -0.3 is 14.1 Å². The minimum atomic E-state index is -0.272. The molecule has 2 aromatic carbocycles. The van der Waals surface area contributed by atoms with Crippen molar-refractivity contribution in [2.24, 2.45) is 0 Å². The second-order valence-corrected chi connectivity index (χ2v) is 8.41. The number of hydrogen-bond acceptors (Lipinski definition) is 5. The Hall–Kier alpha value is -2.79. The van der Waals surface area contributed by atoms with Gasteiger partial charge in [-0.15, -0.1) is 0 Å². The van der Waals surface area contributed by atoms with E-state index in [-0.39, 0.29) is 5.63 Å². The van der Waals surface area contributed by atoms with Crippen LogP contribution < -0.4 is 15.3 Å². The third kappa shape index (κ3) is 4.21. The molecule has 0 atom stereocenters. The Morgan fingerprint density at radius 3 is 2.37 bits per heavy atom. The summed E-state index contributed by atoms with van der Waals surface area (Å²) in [6.45, 7) is 11.1. The van der Waals surface area contributed by atoms with E-state index in [0.717, 1.165) is 49.4 Å². The van der Waals surface area contributed by atoms with Crippen LogP contribution in [0, 0.1) is 6.92 Å². The van der Waals surface area contributed by atoms with Crippen molar-refractivity contribution >= 4 is 16.7 Å². The molecule has 0 spiro atoms. The number of ether oxygens (including phenoxy) is 1. The van der Waals surface area contributed by atoms with Crippen molar-refractivity contribution in [1.29, 1.82) is 0 Å². The Kier molecular flexibility index (Phi) is 5.82. The van der Waals surface area contributed by atoms with Crippen LogP contribution in [0.3, 0.4) is 0 Å². The van der Waals surface area contributed by atoms with Crippen molar-refractivity contribution < 1.29 is 9.15 Å². The predicted molar refractivity (Wildman–Crippen MR) is 122 cm³/mol. The molecule has 30 heavy (non-hydrogen) atoms. The molecule has 1 aliphatic rings. The molecule has 0 amide bonds. The van der Waals surface area contributed by atoms with E-state index in [0.29, 0.717) is 11.5 Å². The average Bonchev–Trinajstić information content (AvgIpc) is 2.73. The molecule has 0 radical (unpaired) electrons. The first-order valence-corrected chi connectivity index (χ1v) is 10.6. The van der Waals surface area contributed by atoms with Crippen molar-refractivity contribution in [3.63, 3.8) is 0 Å². The molecule has 0 saturated carbocycles. The van der Waals surface area contributed by atoms with Gasteiger partial charge in [-0.25, -0.2) is 4.79 Å². The van der Waals surface area contributed by atoms with E-state index in [1.165, 1.54) is 16.8 Å². The Morgan fingerprint density at radius 1 is 1.03 bits per heavy atom. The molecule has 0 bridgehead atoms. The van der Waals surface area contributed by atoms with Crippen LogP contribution in [0.15, 0.2) is 51.7 Å². The maximum absolute atomic E-state index is 12.2. The number of hydrogen-bond donors (Lipinski definition) is 0. The van der Waals surface area contributed by atoms with Crippen LogP contribution in [0.25, 0.3) is 11.0 Å². The van der Waals surface area contributed by atoms with E-state index in [2.05, 4.69) is 48.8 Å². The maximum atomic E-state index is 12.2. The summed E-state index contributed by atoms with van der Waals surface area (Å²) in [6.07, 6.45) is 0. The monoisotopic (exact) mass is 406 g/mol. The summed E-state index contributed by atoms with van der Waals surface area (Å²) in [6, 6.07) is 14.1. The Bertz CT molecular complexity index is 1080. The second-order valence-electron chi connectivity index (χ2n) is 8.41. The van der Waals surface area contributed by atoms with Crippen molar-refractivity contribution in [3.8, 4) is 5.75 Å². The molecule has 0 aliphatic carbocycles. The number of methoxy groups -OCH3 is 1. The first kappa shape index (κ1) is 20.5. The molecule has 0 unspecified atom stereocenters. The summed E-state index contributed by atoms with van der Waals surface area (Å²) in [7, 11) is 1.69. The highest BCUT2D eigenvalue weighted by atomic mass is 16.5. The highest BCUT2D eigenvalue weighted by Gasteiger charge is 2.19. The number of rotatable bonds is 5. The molecule has 5 heteroatoms. The van der Waals surface area contributed by atoms with Gasteiger partial charge in [0.2, 0.25) is 0 Å². The SMILES string of the molecule is COc1ccc(N2CCN(Cc3cc(=O)oc4cc(C)c(C(C)C)cc34)CC2)cc1. The smallest absolute Gasteiger partial charge is 0.336 e. The quantitative estimate of drug-likeness (QED) is 0.582. The van der Waals surface area contributed by atoms with Crippen LogP contribution in [-0.2, 0) is 6.54 Å². The standard InChI is InChI=1S/C25H30N2O3/c1-17(2)22-15-23-19(14-25(28)30-24(23)13-18(22)3)16-26-9-11-27(12-10-26)20-5-7-21(29-4)8-6-20/h5-8,13-15,17H,9-12,16H2,1-4H3. The van der Waals surface area contributed by atoms with Crippen molar-refractivity contribution in [1.82, 2.24) is 4.90 Å². The largest absolute Gasteiger partial charge is 0.497 e. The predicted octanol–water partition coefficient (Wildman–Crippen LogP) is 4.56. The molecule has 1 aromatic heterocycles. The average molecular weight is 407 g/mol. The van der Waals surface area contributed by atoms with E-state index in [9.17, 15) is 4.79 Å². The van der Waals surface area contributed by atoms with Gasteiger partial charge in [-0.05, 0) is 65.9 Å². The molecule has 158 valence electrons. The lowest BCUT2D eigenvalue weighted by atomic mass is 9.95. The molecule has 4 rings (SSSR count). The van der Waals surface area contributed by atoms with Gasteiger partial charge in [-0.2, -0.15) is 0 Å². The zero-order valence-electron chi connectivity index (χ0n) is 18.3. The van der Waals surface area contributed by atoms with Crippen LogP contribution in [0.5, 0.6) is 5.75 Å². The molecule has 0 N–H and O–H groups in total. The molecule has 2 heterocycles. The second kappa shape index (κ2) is 8.52. The Balaban J connectivity index is 1.52. The summed E-state index contributed by atoms with van der Waals surface area (Å²) in [5.74, 6) is 1.31. The lowest BCUT2D eigenvalue weighted by Gasteiger charge is -2.36. The number of aryl methyl sites for hydroxylation is 1. The molecular formula is C25H30N2O3. The van der Waals surface area contributed by atoms with Crippen LogP contribution in [-0.4, -0.2) is 38.2 Å². The Morgan fingerprint density at radius 2 is 1.73 bits per heavy atom. The molecule has 1 saturated heterocycles. The molecule has 1 aliphatic heterocycles. The third-order valence-electron chi connectivity index (χ3n) is 6.04. The van der Waals surface area contributed by atoms with E-state index in [1.807, 2.05) is 18.2 Å². The number of benzene rings is 2. The first-order chi connectivity index (χ1) is 14.4. The molecule has 1 fully saturated rings. The van der Waals surface area contributed by atoms with Gasteiger partial charge in [0.25, 0.3) is 0 Å². The van der Waals surface area contributed by atoms with Gasteiger partial charge in [0.15, 0.2) is 0 Å². The summed E-state index contributed by atoms with van der Waals surface area (Å²) < 4.78 is 10.8. The topological polar surface area (TPSA) is 45.9 Å². The van der Waals surface area contributed by atoms with Gasteiger partial charge >= 0.3 is 5.63 Å². The van der Waals surface area contributed by atoms with Gasteiger partial charge in [-0.1, -0.05) is 13.8 Å². The number of fused-ring (bicyclic) bond motifs is 1. The third-order valence-corrected chi connectivity index (χ3v) is 6.04. The zero-order chi connectivity index (χ0) is 21.3. The summed E-state index contributed by atoms with van der Waals surface area (Å²) in [5.41, 5.74) is 5.18. The lowest BCUT2D eigenvalue weighted by Crippen LogP contribution is -2.46. The van der Waals surface area contributed by atoms with Gasteiger partial charge in [0, 0.05) is 49.9 Å². The minimum Gasteiger partial charge on any atom is -0.497 e. The number of piperazine rings is 1. The van der Waals surface area contributed by atoms with E-state index in [1.54, 1.807) is 13.2 Å². The van der Waals surface area contributed by atoms with E-state index >= 15 is 0 Å². The lowest BCUT2D eigenvalue weighted by molar-refractivity contribution is 0.250. The van der Waals surface area contributed by atoms with Gasteiger partial charge in [0.1, 0.15) is 11.3 Å². The van der Waals surface area contributed by atoms with Gasteiger partial charge in [0.05, 0.1) is 7.11 Å². The Labute approximate surface area is 177 Å². The normalized spacial score (nSPS) is 15.2. The summed E-state index contributed by atoms with van der Waals surface area (Å²) >= 11 is 0. The fourth-order valence-electron chi connectivity index (χ4n) is 4.34. The maximum Gasteiger partial charge on any atom is 0.336 e. The fraction of sp³-hybridized carbons (Fsp3) is 0.400. The van der Waals surface area contributed by atoms with E-state index < -0.39 is 0 Å². The van der Waals surface area contributed by atoms with Crippen molar-refractivity contribution in [2.45, 2.75) is 33.2 Å². The molecule has 3 aromatic rings. The van der Waals surface area contributed by atoms with E-state index in [4.69, 9.17) is 9.15 Å². The van der Waals surface area contributed by atoms with Crippen molar-refractivity contribution in [2.75, 3.05) is 38.2 Å². The summed E-state index contributed by atoms with van der Waals surface area (Å²) in [4.78, 5) is 17.0. The minimum absolute atomic E-state index is 0.272. The number of nitrogens with zero attached hydrogens (tertiary/aromatic N) is 2. The fourth-order valence-corrected chi connectivity index (χ4v) is 4.34. The van der Waals surface area contributed by atoms with Crippen LogP contribution in [0.1, 0.15) is 36.5 Å². The number of anilines is 1. The highest BCUT2D eigenvalue weighted by molar-refractivity contribution is 5.82. The van der Waals surface area contributed by atoms with Crippen LogP contribution >= 0.6 is 0 Å².